The lowest BCUT2D eigenvalue weighted by molar-refractivity contribution is -0.123. The Bertz CT molecular complexity index is 161. The minimum atomic E-state index is 0.140. The first kappa shape index (κ1) is 12.5. The highest BCUT2D eigenvalue weighted by molar-refractivity contribution is 5.76. The second kappa shape index (κ2) is 5.25. The molecule has 0 aliphatic heterocycles. The molecule has 0 aromatic heterocycles. The highest BCUT2D eigenvalue weighted by Gasteiger charge is 2.19. The predicted octanol–water partition coefficient (Wildman–Crippen LogP) is 2.58. The van der Waals surface area contributed by atoms with Gasteiger partial charge < -0.3 is 5.32 Å². The summed E-state index contributed by atoms with van der Waals surface area (Å²) in [6, 6.07) is 0. The average Bonchev–Trinajstić information content (AvgIpc) is 2.00. The highest BCUT2D eigenvalue weighted by Crippen LogP contribution is 2.23. The van der Waals surface area contributed by atoms with Crippen LogP contribution < -0.4 is 5.32 Å². The fourth-order valence-electron chi connectivity index (χ4n) is 0.940. The maximum absolute atomic E-state index is 11.4. The first-order valence-corrected chi connectivity index (χ1v) is 5.14. The zero-order valence-electron chi connectivity index (χ0n) is 9.61. The van der Waals surface area contributed by atoms with Crippen LogP contribution in [-0.2, 0) is 4.79 Å². The summed E-state index contributed by atoms with van der Waals surface area (Å²) in [6.45, 7) is 11.4. The summed E-state index contributed by atoms with van der Waals surface area (Å²) < 4.78 is 0. The Hall–Kier alpha value is -0.530. The van der Waals surface area contributed by atoms with Crippen LogP contribution in [0.3, 0.4) is 0 Å². The summed E-state index contributed by atoms with van der Waals surface area (Å²) in [5.41, 5.74) is 0.140. The molecule has 78 valence electrons. The van der Waals surface area contributed by atoms with E-state index in [1.165, 1.54) is 0 Å². The van der Waals surface area contributed by atoms with E-state index in [1.54, 1.807) is 0 Å². The number of carbonyl (C=O) groups excluding carboxylic acids is 1. The lowest BCUT2D eigenvalue weighted by atomic mass is 9.86. The third kappa shape index (κ3) is 6.62. The van der Waals surface area contributed by atoms with Crippen LogP contribution in [0, 0.1) is 11.3 Å². The Kier molecular flexibility index (Phi) is 5.04. The summed E-state index contributed by atoms with van der Waals surface area (Å²) in [4.78, 5) is 11.4. The first-order valence-electron chi connectivity index (χ1n) is 5.14. The number of carbonyl (C=O) groups is 1. The Balaban J connectivity index is 3.74. The van der Waals surface area contributed by atoms with Gasteiger partial charge in [-0.3, -0.25) is 4.79 Å². The highest BCUT2D eigenvalue weighted by atomic mass is 16.1. The monoisotopic (exact) mass is 185 g/mol. The Morgan fingerprint density at radius 1 is 1.38 bits per heavy atom. The van der Waals surface area contributed by atoms with E-state index in [0.29, 0.717) is 12.3 Å². The van der Waals surface area contributed by atoms with Gasteiger partial charge in [0.2, 0.25) is 5.91 Å². The molecule has 0 spiro atoms. The first-order chi connectivity index (χ1) is 5.87. The van der Waals surface area contributed by atoms with E-state index in [4.69, 9.17) is 0 Å². The van der Waals surface area contributed by atoms with Crippen LogP contribution in [0.15, 0.2) is 0 Å². The van der Waals surface area contributed by atoms with Crippen molar-refractivity contribution in [3.63, 3.8) is 0 Å². The molecule has 0 unspecified atom stereocenters. The van der Waals surface area contributed by atoms with Gasteiger partial charge in [-0.1, -0.05) is 41.0 Å². The van der Waals surface area contributed by atoms with E-state index < -0.39 is 0 Å². The smallest absolute Gasteiger partial charge is 0.220 e. The molecule has 1 amide bonds. The molecule has 0 aliphatic carbocycles. The number of hydrogen-bond acceptors (Lipinski definition) is 1. The molecule has 0 aromatic rings. The largest absolute Gasteiger partial charge is 0.356 e. The maximum atomic E-state index is 11.4. The van der Waals surface area contributed by atoms with Crippen molar-refractivity contribution in [3.8, 4) is 0 Å². The second-order valence-electron chi connectivity index (χ2n) is 4.89. The molecule has 0 radical (unpaired) electrons. The molecule has 0 saturated carbocycles. The minimum Gasteiger partial charge on any atom is -0.356 e. The van der Waals surface area contributed by atoms with Crippen LogP contribution in [0.25, 0.3) is 0 Å². The fourth-order valence-corrected chi connectivity index (χ4v) is 0.940. The third-order valence-corrected chi connectivity index (χ3v) is 2.30. The van der Waals surface area contributed by atoms with Crippen molar-refractivity contribution in [1.29, 1.82) is 0 Å². The SMILES string of the molecule is CCC(C)(C)CC(=O)NCC(C)C. The zero-order chi connectivity index (χ0) is 10.5. The molecular formula is C11H23NO. The van der Waals surface area contributed by atoms with Gasteiger partial charge in [0.1, 0.15) is 0 Å². The number of amides is 1. The number of hydrogen-bond donors (Lipinski definition) is 1. The van der Waals surface area contributed by atoms with Crippen molar-refractivity contribution in [1.82, 2.24) is 5.32 Å². The predicted molar refractivity (Wildman–Crippen MR) is 56.5 cm³/mol. The lowest BCUT2D eigenvalue weighted by Crippen LogP contribution is -2.31. The molecular weight excluding hydrogens is 162 g/mol. The quantitative estimate of drug-likeness (QED) is 0.701. The van der Waals surface area contributed by atoms with Gasteiger partial charge in [0.15, 0.2) is 0 Å². The molecule has 0 saturated heterocycles. The molecule has 0 fully saturated rings. The van der Waals surface area contributed by atoms with E-state index in [-0.39, 0.29) is 11.3 Å². The van der Waals surface area contributed by atoms with Crippen molar-refractivity contribution < 1.29 is 4.79 Å². The van der Waals surface area contributed by atoms with Crippen molar-refractivity contribution in [2.24, 2.45) is 11.3 Å². The van der Waals surface area contributed by atoms with Gasteiger partial charge in [0.25, 0.3) is 0 Å². The van der Waals surface area contributed by atoms with Gasteiger partial charge in [-0.05, 0) is 11.3 Å². The summed E-state index contributed by atoms with van der Waals surface area (Å²) in [6.07, 6.45) is 1.68. The van der Waals surface area contributed by atoms with E-state index in [0.717, 1.165) is 13.0 Å². The van der Waals surface area contributed by atoms with Crippen LogP contribution in [0.1, 0.15) is 47.5 Å². The van der Waals surface area contributed by atoms with E-state index in [9.17, 15) is 4.79 Å². The van der Waals surface area contributed by atoms with Crippen molar-refractivity contribution in [2.75, 3.05) is 6.54 Å². The molecule has 0 heterocycles. The standard InChI is InChI=1S/C11H23NO/c1-6-11(4,5)7-10(13)12-8-9(2)3/h9H,6-8H2,1-5H3,(H,12,13). The topological polar surface area (TPSA) is 29.1 Å². The fraction of sp³-hybridized carbons (Fsp3) is 0.909. The van der Waals surface area contributed by atoms with Gasteiger partial charge in [-0.25, -0.2) is 0 Å². The molecule has 1 N–H and O–H groups in total. The maximum Gasteiger partial charge on any atom is 0.220 e. The number of nitrogens with one attached hydrogen (secondary N) is 1. The Morgan fingerprint density at radius 2 is 1.92 bits per heavy atom. The summed E-state index contributed by atoms with van der Waals surface area (Å²) >= 11 is 0. The molecule has 0 atom stereocenters. The van der Waals surface area contributed by atoms with E-state index >= 15 is 0 Å². The van der Waals surface area contributed by atoms with E-state index in [2.05, 4.69) is 39.9 Å². The van der Waals surface area contributed by atoms with Crippen LogP contribution in [0.4, 0.5) is 0 Å². The van der Waals surface area contributed by atoms with Gasteiger partial charge in [0.05, 0.1) is 0 Å². The normalized spacial score (nSPS) is 11.8. The van der Waals surface area contributed by atoms with Crippen molar-refractivity contribution >= 4 is 5.91 Å². The molecule has 13 heavy (non-hydrogen) atoms. The van der Waals surface area contributed by atoms with Crippen molar-refractivity contribution in [3.05, 3.63) is 0 Å². The zero-order valence-corrected chi connectivity index (χ0v) is 9.61. The van der Waals surface area contributed by atoms with Gasteiger partial charge in [-0.15, -0.1) is 0 Å². The van der Waals surface area contributed by atoms with Crippen LogP contribution in [-0.4, -0.2) is 12.5 Å². The van der Waals surface area contributed by atoms with Crippen LogP contribution >= 0.6 is 0 Å². The van der Waals surface area contributed by atoms with Gasteiger partial charge in [-0.2, -0.15) is 0 Å². The van der Waals surface area contributed by atoms with Gasteiger partial charge in [0, 0.05) is 13.0 Å². The molecule has 0 rings (SSSR count). The average molecular weight is 185 g/mol. The molecule has 0 bridgehead atoms. The third-order valence-electron chi connectivity index (χ3n) is 2.30. The minimum absolute atomic E-state index is 0.140. The van der Waals surface area contributed by atoms with E-state index in [1.807, 2.05) is 0 Å². The second-order valence-corrected chi connectivity index (χ2v) is 4.89. The molecule has 0 aliphatic rings. The van der Waals surface area contributed by atoms with Crippen LogP contribution in [0.2, 0.25) is 0 Å². The van der Waals surface area contributed by atoms with Gasteiger partial charge >= 0.3 is 0 Å². The molecule has 2 nitrogen and oxygen atoms in total. The molecule has 2 heteroatoms. The Morgan fingerprint density at radius 3 is 2.31 bits per heavy atom. The molecule has 0 aromatic carbocycles. The summed E-state index contributed by atoms with van der Waals surface area (Å²) in [7, 11) is 0. The number of rotatable bonds is 5. The Labute approximate surface area is 82.1 Å². The summed E-state index contributed by atoms with van der Waals surface area (Å²) in [5, 5.41) is 2.93. The summed E-state index contributed by atoms with van der Waals surface area (Å²) in [5.74, 6) is 0.717. The lowest BCUT2D eigenvalue weighted by Gasteiger charge is -2.21. The van der Waals surface area contributed by atoms with Crippen LogP contribution in [0.5, 0.6) is 0 Å². The van der Waals surface area contributed by atoms with Crippen molar-refractivity contribution in [2.45, 2.75) is 47.5 Å².